The second-order valence-corrected chi connectivity index (χ2v) is 6.72. The second-order valence-electron chi connectivity index (χ2n) is 6.72. The van der Waals surface area contributed by atoms with E-state index in [9.17, 15) is 5.11 Å². The van der Waals surface area contributed by atoms with Crippen LogP contribution in [0.4, 0.5) is 0 Å². The minimum Gasteiger partial charge on any atom is -0.392 e. The lowest BCUT2D eigenvalue weighted by atomic mass is 9.67. The maximum absolute atomic E-state index is 10.8. The van der Waals surface area contributed by atoms with Gasteiger partial charge in [-0.05, 0) is 43.3 Å². The third-order valence-corrected chi connectivity index (χ3v) is 4.91. The molecular formula is C19H25NO. The first-order chi connectivity index (χ1) is 10.1. The highest BCUT2D eigenvalue weighted by Gasteiger charge is 2.41. The third-order valence-electron chi connectivity index (χ3n) is 4.91. The Balaban J connectivity index is 2.09. The van der Waals surface area contributed by atoms with E-state index < -0.39 is 0 Å². The minimum absolute atomic E-state index is 0.119. The van der Waals surface area contributed by atoms with E-state index in [0.717, 1.165) is 25.8 Å². The molecule has 1 N–H and O–H groups in total. The summed E-state index contributed by atoms with van der Waals surface area (Å²) < 4.78 is 0. The van der Waals surface area contributed by atoms with E-state index in [1.807, 2.05) is 0 Å². The molecule has 112 valence electrons. The van der Waals surface area contributed by atoms with Crippen LogP contribution in [0.25, 0.3) is 10.8 Å². The molecule has 2 atom stereocenters. The van der Waals surface area contributed by atoms with Gasteiger partial charge in [-0.2, -0.15) is 0 Å². The van der Waals surface area contributed by atoms with Gasteiger partial charge in [0.2, 0.25) is 0 Å². The highest BCUT2D eigenvalue weighted by atomic mass is 16.3. The van der Waals surface area contributed by atoms with Gasteiger partial charge in [-0.15, -0.1) is 0 Å². The van der Waals surface area contributed by atoms with Gasteiger partial charge < -0.3 is 10.0 Å². The van der Waals surface area contributed by atoms with Gasteiger partial charge in [0, 0.05) is 12.0 Å². The molecule has 21 heavy (non-hydrogen) atoms. The van der Waals surface area contributed by atoms with Crippen molar-refractivity contribution in [2.75, 3.05) is 20.6 Å². The summed E-state index contributed by atoms with van der Waals surface area (Å²) in [6.07, 6.45) is 4.10. The van der Waals surface area contributed by atoms with Crippen molar-refractivity contribution in [3.8, 4) is 0 Å². The molecule has 0 unspecified atom stereocenters. The van der Waals surface area contributed by atoms with Crippen LogP contribution in [0.5, 0.6) is 0 Å². The normalized spacial score (nSPS) is 26.4. The Morgan fingerprint density at radius 3 is 2.57 bits per heavy atom. The maximum Gasteiger partial charge on any atom is 0.0649 e. The molecule has 0 saturated heterocycles. The number of benzene rings is 2. The van der Waals surface area contributed by atoms with Gasteiger partial charge >= 0.3 is 0 Å². The van der Waals surface area contributed by atoms with Gasteiger partial charge in [0.05, 0.1) is 6.10 Å². The van der Waals surface area contributed by atoms with Crippen LogP contribution in [0, 0.1) is 0 Å². The summed E-state index contributed by atoms with van der Waals surface area (Å²) in [6.45, 7) is 0.909. The van der Waals surface area contributed by atoms with Crippen molar-refractivity contribution in [3.05, 3.63) is 48.0 Å². The predicted octanol–water partition coefficient (Wildman–Crippen LogP) is 3.57. The van der Waals surface area contributed by atoms with Crippen molar-refractivity contribution >= 4 is 10.8 Å². The van der Waals surface area contributed by atoms with E-state index in [-0.39, 0.29) is 11.5 Å². The molecule has 2 heteroatoms. The molecular weight excluding hydrogens is 258 g/mol. The summed E-state index contributed by atoms with van der Waals surface area (Å²) in [7, 11) is 4.20. The van der Waals surface area contributed by atoms with E-state index in [0.29, 0.717) is 0 Å². The molecule has 3 rings (SSSR count). The second kappa shape index (κ2) is 5.78. The topological polar surface area (TPSA) is 23.5 Å². The molecule has 2 aromatic rings. The van der Waals surface area contributed by atoms with Gasteiger partial charge in [-0.1, -0.05) is 55.3 Å². The van der Waals surface area contributed by atoms with E-state index >= 15 is 0 Å². The summed E-state index contributed by atoms with van der Waals surface area (Å²) in [4.78, 5) is 2.21. The molecule has 0 aliphatic heterocycles. The number of aliphatic hydroxyl groups excluding tert-OH is 1. The Bertz CT molecular complexity index is 622. The smallest absolute Gasteiger partial charge is 0.0649 e. The molecule has 0 radical (unpaired) electrons. The van der Waals surface area contributed by atoms with Gasteiger partial charge in [0.1, 0.15) is 0 Å². The summed E-state index contributed by atoms with van der Waals surface area (Å²) >= 11 is 0. The fourth-order valence-electron chi connectivity index (χ4n) is 3.90. The average Bonchev–Trinajstić information content (AvgIpc) is 2.49. The average molecular weight is 283 g/mol. The van der Waals surface area contributed by atoms with Gasteiger partial charge in [-0.25, -0.2) is 0 Å². The van der Waals surface area contributed by atoms with Crippen molar-refractivity contribution in [2.24, 2.45) is 0 Å². The highest BCUT2D eigenvalue weighted by molar-refractivity contribution is 5.83. The molecule has 0 heterocycles. The van der Waals surface area contributed by atoms with E-state index in [2.05, 4.69) is 61.5 Å². The van der Waals surface area contributed by atoms with Crippen molar-refractivity contribution in [3.63, 3.8) is 0 Å². The fraction of sp³-hybridized carbons (Fsp3) is 0.474. The number of nitrogens with zero attached hydrogens (tertiary/aromatic N) is 1. The molecule has 1 aliphatic carbocycles. The number of likely N-dealkylation sites (N-methyl/N-ethyl adjacent to an activating group) is 1. The van der Waals surface area contributed by atoms with Crippen LogP contribution in [0.3, 0.4) is 0 Å². The van der Waals surface area contributed by atoms with Gasteiger partial charge in [-0.3, -0.25) is 0 Å². The zero-order chi connectivity index (χ0) is 14.9. The monoisotopic (exact) mass is 283 g/mol. The van der Waals surface area contributed by atoms with E-state index in [1.165, 1.54) is 22.8 Å². The van der Waals surface area contributed by atoms with Crippen LogP contribution < -0.4 is 0 Å². The Labute approximate surface area is 127 Å². The molecule has 1 fully saturated rings. The molecule has 0 bridgehead atoms. The van der Waals surface area contributed by atoms with Crippen molar-refractivity contribution in [1.29, 1.82) is 0 Å². The highest BCUT2D eigenvalue weighted by Crippen LogP contribution is 2.41. The largest absolute Gasteiger partial charge is 0.392 e. The van der Waals surface area contributed by atoms with Gasteiger partial charge in [0.25, 0.3) is 0 Å². The van der Waals surface area contributed by atoms with Crippen LogP contribution >= 0.6 is 0 Å². The molecule has 0 aromatic heterocycles. The first kappa shape index (κ1) is 14.6. The lowest BCUT2D eigenvalue weighted by Gasteiger charge is -2.44. The predicted molar refractivity (Wildman–Crippen MR) is 88.7 cm³/mol. The van der Waals surface area contributed by atoms with Crippen molar-refractivity contribution in [1.82, 2.24) is 4.90 Å². The van der Waals surface area contributed by atoms with E-state index in [1.54, 1.807) is 0 Å². The van der Waals surface area contributed by atoms with E-state index in [4.69, 9.17) is 0 Å². The number of hydrogen-bond donors (Lipinski definition) is 1. The third kappa shape index (κ3) is 2.70. The number of aliphatic hydroxyl groups is 1. The summed E-state index contributed by atoms with van der Waals surface area (Å²) in [6, 6.07) is 15.2. The zero-order valence-electron chi connectivity index (χ0n) is 13.0. The minimum atomic E-state index is -0.241. The molecule has 0 amide bonds. The first-order valence-corrected chi connectivity index (χ1v) is 7.94. The molecule has 2 nitrogen and oxygen atoms in total. The summed E-state index contributed by atoms with van der Waals surface area (Å²) in [5.41, 5.74) is 1.17. The lowest BCUT2D eigenvalue weighted by molar-refractivity contribution is 0.0265. The van der Waals surface area contributed by atoms with Crippen LogP contribution in [0.2, 0.25) is 0 Å². The van der Waals surface area contributed by atoms with Crippen LogP contribution in [0.1, 0.15) is 31.2 Å². The maximum atomic E-state index is 10.8. The number of fused-ring (bicyclic) bond motifs is 1. The Morgan fingerprint density at radius 1 is 1.10 bits per heavy atom. The SMILES string of the molecule is CN(C)C[C@]1(c2ccc3ccccc3c2)CCCC[C@@H]1O. The standard InChI is InChI=1S/C19H25NO/c1-20(2)14-19(12-6-5-9-18(19)21)17-11-10-15-7-3-4-8-16(15)13-17/h3-4,7-8,10-11,13,18,21H,5-6,9,12,14H2,1-2H3/t18-,19-/m0/s1. The fourth-order valence-corrected chi connectivity index (χ4v) is 3.90. The zero-order valence-corrected chi connectivity index (χ0v) is 13.0. The Kier molecular flexibility index (Phi) is 4.01. The molecule has 2 aromatic carbocycles. The summed E-state index contributed by atoms with van der Waals surface area (Å²) in [5, 5.41) is 13.3. The first-order valence-electron chi connectivity index (χ1n) is 7.94. The number of rotatable bonds is 3. The van der Waals surface area contributed by atoms with Gasteiger partial charge in [0.15, 0.2) is 0 Å². The van der Waals surface area contributed by atoms with Crippen LogP contribution in [0.15, 0.2) is 42.5 Å². The quantitative estimate of drug-likeness (QED) is 0.931. The molecule has 1 aliphatic rings. The Hall–Kier alpha value is -1.38. The summed E-state index contributed by atoms with van der Waals surface area (Å²) in [5.74, 6) is 0. The molecule has 1 saturated carbocycles. The Morgan fingerprint density at radius 2 is 1.86 bits per heavy atom. The van der Waals surface area contributed by atoms with Crippen LogP contribution in [-0.4, -0.2) is 36.8 Å². The van der Waals surface area contributed by atoms with Crippen molar-refractivity contribution in [2.45, 2.75) is 37.2 Å². The number of hydrogen-bond acceptors (Lipinski definition) is 2. The lowest BCUT2D eigenvalue weighted by Crippen LogP contribution is -2.49. The molecule has 0 spiro atoms. The van der Waals surface area contributed by atoms with Crippen LogP contribution in [-0.2, 0) is 5.41 Å². The van der Waals surface area contributed by atoms with Crippen molar-refractivity contribution < 1.29 is 5.11 Å².